The van der Waals surface area contributed by atoms with Gasteiger partial charge in [0.05, 0.1) is 5.41 Å². The fourth-order valence-electron chi connectivity index (χ4n) is 4.18. The predicted octanol–water partition coefficient (Wildman–Crippen LogP) is 0.956. The lowest BCUT2D eigenvalue weighted by Gasteiger charge is -2.22. The molecule has 2 heterocycles. The maximum absolute atomic E-state index is 8.89. The third kappa shape index (κ3) is 2.83. The van der Waals surface area contributed by atoms with Crippen molar-refractivity contribution in [2.75, 3.05) is 13.2 Å². The molecule has 1 unspecified atom stereocenters. The summed E-state index contributed by atoms with van der Waals surface area (Å²) >= 11 is 0. The van der Waals surface area contributed by atoms with Crippen molar-refractivity contribution in [3.8, 4) is 0 Å². The number of benzene rings is 1. The van der Waals surface area contributed by atoms with Crippen LogP contribution in [0.1, 0.15) is 63.5 Å². The number of hydrogen-bond donors (Lipinski definition) is 1. The number of aliphatic hydroxyl groups is 1. The lowest BCUT2D eigenvalue weighted by Crippen LogP contribution is -3.00. The molecule has 0 aromatic heterocycles. The molecule has 0 amide bonds. The van der Waals surface area contributed by atoms with Crippen LogP contribution in [0.3, 0.4) is 0 Å². The first-order valence-electron chi connectivity index (χ1n) is 8.53. The summed E-state index contributed by atoms with van der Waals surface area (Å²) in [5.41, 5.74) is 6.39. The summed E-state index contributed by atoms with van der Waals surface area (Å²) in [6, 6.07) is 6.91. The molecule has 1 N–H and O–H groups in total. The molecule has 2 aliphatic heterocycles. The molecule has 0 aliphatic carbocycles. The van der Waals surface area contributed by atoms with Gasteiger partial charge < -0.3 is 17.5 Å². The number of aryl methyl sites for hydroxylation is 1. The van der Waals surface area contributed by atoms with Gasteiger partial charge in [-0.25, -0.2) is 0 Å². The number of aliphatic hydroxyl groups excluding tert-OH is 1. The molecule has 0 fully saturated rings. The third-order valence-corrected chi connectivity index (χ3v) is 5.60. The van der Waals surface area contributed by atoms with Gasteiger partial charge in [0.1, 0.15) is 6.54 Å². The molecule has 2 nitrogen and oxygen atoms in total. The van der Waals surface area contributed by atoms with Crippen LogP contribution in [0.2, 0.25) is 0 Å². The molecule has 1 aromatic carbocycles. The van der Waals surface area contributed by atoms with Crippen LogP contribution in [-0.4, -0.2) is 28.5 Å². The molecule has 0 saturated carbocycles. The monoisotopic (exact) mass is 321 g/mol. The van der Waals surface area contributed by atoms with E-state index in [4.69, 9.17) is 5.11 Å². The normalized spacial score (nSPS) is 22.5. The Morgan fingerprint density at radius 2 is 1.95 bits per heavy atom. The van der Waals surface area contributed by atoms with Gasteiger partial charge in [0.25, 0.3) is 0 Å². The summed E-state index contributed by atoms with van der Waals surface area (Å²) < 4.78 is 2.59. The second-order valence-corrected chi connectivity index (χ2v) is 6.87. The highest BCUT2D eigenvalue weighted by atomic mass is 35.5. The summed E-state index contributed by atoms with van der Waals surface area (Å²) in [5, 5.41) is 8.89. The van der Waals surface area contributed by atoms with Crippen LogP contribution in [0.25, 0.3) is 0 Å². The van der Waals surface area contributed by atoms with Crippen molar-refractivity contribution in [3.05, 3.63) is 29.3 Å². The zero-order valence-corrected chi connectivity index (χ0v) is 14.6. The number of nitrogens with zero attached hydrogens (tertiary/aromatic N) is 1. The zero-order chi connectivity index (χ0) is 14.9. The lowest BCUT2D eigenvalue weighted by atomic mass is 9.75. The van der Waals surface area contributed by atoms with Gasteiger partial charge in [-0.2, -0.15) is 4.58 Å². The average Bonchev–Trinajstić information content (AvgIpc) is 2.72. The Morgan fingerprint density at radius 3 is 2.73 bits per heavy atom. The minimum atomic E-state index is 0. The molecule has 3 heteroatoms. The Hall–Kier alpha value is -0.860. The summed E-state index contributed by atoms with van der Waals surface area (Å²) in [6.45, 7) is 6.30. The van der Waals surface area contributed by atoms with Crippen molar-refractivity contribution >= 4 is 11.4 Å². The average molecular weight is 322 g/mol. The van der Waals surface area contributed by atoms with Crippen molar-refractivity contribution < 1.29 is 22.1 Å². The molecule has 22 heavy (non-hydrogen) atoms. The molecule has 122 valence electrons. The number of halogens is 1. The summed E-state index contributed by atoms with van der Waals surface area (Å²) in [5.74, 6) is 0. The van der Waals surface area contributed by atoms with E-state index < -0.39 is 0 Å². The van der Waals surface area contributed by atoms with Crippen molar-refractivity contribution in [2.45, 2.75) is 64.2 Å². The van der Waals surface area contributed by atoms with E-state index in [0.717, 1.165) is 12.8 Å². The van der Waals surface area contributed by atoms with E-state index in [0.29, 0.717) is 6.61 Å². The highest BCUT2D eigenvalue weighted by Gasteiger charge is 2.47. The van der Waals surface area contributed by atoms with E-state index >= 15 is 0 Å². The Labute approximate surface area is 140 Å². The fraction of sp³-hybridized carbons (Fsp3) is 0.632. The predicted molar refractivity (Wildman–Crippen MR) is 87.8 cm³/mol. The molecule has 0 radical (unpaired) electrons. The molecule has 0 spiro atoms. The standard InChI is InChI=1S/C19H28NO.ClH/c1-15-19(2,12-5-3-4-6-14-21)17-11-7-9-16-10-8-13-20(15)18(16)17;/h7,9,11,21H,3-6,8,10,12-14H2,1-2H3;1H/q+1;/p-1. The summed E-state index contributed by atoms with van der Waals surface area (Å²) in [6.07, 6.45) is 8.34. The van der Waals surface area contributed by atoms with E-state index in [1.165, 1.54) is 44.3 Å². The Morgan fingerprint density at radius 1 is 1.18 bits per heavy atom. The molecule has 0 bridgehead atoms. The maximum Gasteiger partial charge on any atom is 0.212 e. The van der Waals surface area contributed by atoms with Gasteiger partial charge in [0, 0.05) is 31.1 Å². The largest absolute Gasteiger partial charge is 1.00 e. The minimum Gasteiger partial charge on any atom is -1.00 e. The number of unbranched alkanes of at least 4 members (excludes halogenated alkanes) is 3. The highest BCUT2D eigenvalue weighted by molar-refractivity contribution is 5.94. The van der Waals surface area contributed by atoms with E-state index in [1.807, 2.05) is 0 Å². The SMILES string of the molecule is CC1=[N+]2CCCc3cccc(c32)C1(C)CCCCCCO.[Cl-]. The minimum absolute atomic E-state index is 0. The third-order valence-electron chi connectivity index (χ3n) is 5.60. The van der Waals surface area contributed by atoms with Gasteiger partial charge in [-0.1, -0.05) is 37.5 Å². The molecule has 0 saturated heterocycles. The van der Waals surface area contributed by atoms with Gasteiger partial charge in [-0.15, -0.1) is 0 Å². The van der Waals surface area contributed by atoms with E-state index in [1.54, 1.807) is 16.8 Å². The van der Waals surface area contributed by atoms with Crippen molar-refractivity contribution in [3.63, 3.8) is 0 Å². The van der Waals surface area contributed by atoms with Crippen LogP contribution in [0, 0.1) is 0 Å². The van der Waals surface area contributed by atoms with Crippen LogP contribution >= 0.6 is 0 Å². The number of para-hydroxylation sites is 1. The lowest BCUT2D eigenvalue weighted by molar-refractivity contribution is -0.444. The Balaban J connectivity index is 0.00000176. The smallest absolute Gasteiger partial charge is 0.212 e. The molecule has 3 rings (SSSR count). The van der Waals surface area contributed by atoms with Crippen molar-refractivity contribution in [1.29, 1.82) is 0 Å². The van der Waals surface area contributed by atoms with Crippen LogP contribution < -0.4 is 12.4 Å². The van der Waals surface area contributed by atoms with Crippen LogP contribution in [0.5, 0.6) is 0 Å². The van der Waals surface area contributed by atoms with E-state index in [-0.39, 0.29) is 17.8 Å². The molecular formula is C19H28ClNO. The summed E-state index contributed by atoms with van der Waals surface area (Å²) in [4.78, 5) is 0. The Bertz CT molecular complexity index is 567. The van der Waals surface area contributed by atoms with Crippen molar-refractivity contribution in [1.82, 2.24) is 0 Å². The quantitative estimate of drug-likeness (QED) is 0.612. The van der Waals surface area contributed by atoms with Gasteiger partial charge in [-0.05, 0) is 26.2 Å². The number of rotatable bonds is 6. The maximum atomic E-state index is 8.89. The van der Waals surface area contributed by atoms with E-state index in [9.17, 15) is 0 Å². The molecular weight excluding hydrogens is 294 g/mol. The first-order chi connectivity index (χ1) is 10.2. The zero-order valence-electron chi connectivity index (χ0n) is 13.9. The van der Waals surface area contributed by atoms with Crippen LogP contribution in [0.4, 0.5) is 5.69 Å². The molecule has 1 aromatic rings. The van der Waals surface area contributed by atoms with Crippen LogP contribution in [0.15, 0.2) is 18.2 Å². The van der Waals surface area contributed by atoms with Gasteiger partial charge in [0.2, 0.25) is 5.69 Å². The topological polar surface area (TPSA) is 23.2 Å². The fourth-order valence-corrected chi connectivity index (χ4v) is 4.18. The second kappa shape index (κ2) is 7.14. The van der Waals surface area contributed by atoms with Crippen molar-refractivity contribution in [2.24, 2.45) is 0 Å². The van der Waals surface area contributed by atoms with E-state index in [2.05, 4.69) is 36.6 Å². The highest BCUT2D eigenvalue weighted by Crippen LogP contribution is 2.46. The first kappa shape index (κ1) is 17.5. The van der Waals surface area contributed by atoms with Crippen LogP contribution in [-0.2, 0) is 11.8 Å². The number of hydrogen-bond acceptors (Lipinski definition) is 1. The molecule has 2 aliphatic rings. The van der Waals surface area contributed by atoms with Gasteiger partial charge in [0.15, 0.2) is 5.71 Å². The summed E-state index contributed by atoms with van der Waals surface area (Å²) in [7, 11) is 0. The first-order valence-corrected chi connectivity index (χ1v) is 8.53. The van der Waals surface area contributed by atoms with Gasteiger partial charge >= 0.3 is 0 Å². The Kier molecular flexibility index (Phi) is 5.68. The second-order valence-electron chi connectivity index (χ2n) is 6.87. The molecule has 1 atom stereocenters. The van der Waals surface area contributed by atoms with Gasteiger partial charge in [-0.3, -0.25) is 0 Å².